The fourth-order valence-corrected chi connectivity index (χ4v) is 1.39. The lowest BCUT2D eigenvalue weighted by Gasteiger charge is -2.01. The molecule has 1 aromatic carbocycles. The summed E-state index contributed by atoms with van der Waals surface area (Å²) in [6.07, 6.45) is 1.54. The number of H-pyrrole nitrogens is 1. The summed E-state index contributed by atoms with van der Waals surface area (Å²) in [4.78, 5) is 0. The fourth-order valence-electron chi connectivity index (χ4n) is 1.39. The van der Waals surface area contributed by atoms with Gasteiger partial charge in [-0.15, -0.1) is 0 Å². The molecular formula is C12H8N6. The Hall–Kier alpha value is -3.12. The minimum absolute atomic E-state index is 0.241. The molecule has 6 nitrogen and oxygen atoms in total. The van der Waals surface area contributed by atoms with Crippen molar-refractivity contribution in [1.82, 2.24) is 10.2 Å². The third kappa shape index (κ3) is 2.34. The largest absolute Gasteiger partial charge is 0.276 e. The Bertz CT molecular complexity index is 625. The average Bonchev–Trinajstić information content (AvgIpc) is 2.89. The summed E-state index contributed by atoms with van der Waals surface area (Å²) < 4.78 is 0. The number of hydrogen-bond acceptors (Lipinski definition) is 5. The lowest BCUT2D eigenvalue weighted by molar-refractivity contribution is 1.10. The highest BCUT2D eigenvalue weighted by Crippen LogP contribution is 2.24. The number of rotatable bonds is 3. The van der Waals surface area contributed by atoms with Crippen LogP contribution in [0.4, 0.5) is 5.69 Å². The summed E-state index contributed by atoms with van der Waals surface area (Å²) in [5.74, 6) is 0. The Morgan fingerprint density at radius 1 is 1.22 bits per heavy atom. The number of nitriles is 2. The van der Waals surface area contributed by atoms with Crippen LogP contribution in [0, 0.1) is 22.7 Å². The van der Waals surface area contributed by atoms with Gasteiger partial charge in [0, 0.05) is 5.56 Å². The third-order valence-electron chi connectivity index (χ3n) is 2.20. The van der Waals surface area contributed by atoms with E-state index in [1.54, 1.807) is 12.1 Å². The van der Waals surface area contributed by atoms with Crippen LogP contribution in [0.25, 0.3) is 11.3 Å². The molecule has 1 heterocycles. The Morgan fingerprint density at radius 3 is 2.61 bits per heavy atom. The van der Waals surface area contributed by atoms with Crippen molar-refractivity contribution in [1.29, 1.82) is 10.5 Å². The maximum Gasteiger partial charge on any atom is 0.237 e. The van der Waals surface area contributed by atoms with E-state index in [-0.39, 0.29) is 5.71 Å². The number of benzene rings is 1. The van der Waals surface area contributed by atoms with Gasteiger partial charge in [-0.2, -0.15) is 20.7 Å². The van der Waals surface area contributed by atoms with Crippen molar-refractivity contribution >= 4 is 11.4 Å². The summed E-state index contributed by atoms with van der Waals surface area (Å²) in [6.45, 7) is 0. The fraction of sp³-hybridized carbons (Fsp3) is 0. The van der Waals surface area contributed by atoms with Gasteiger partial charge in [0.1, 0.15) is 17.8 Å². The van der Waals surface area contributed by atoms with Crippen LogP contribution in [0.3, 0.4) is 0 Å². The van der Waals surface area contributed by atoms with Crippen molar-refractivity contribution in [3.63, 3.8) is 0 Å². The first-order valence-corrected chi connectivity index (χ1v) is 5.08. The molecule has 0 aliphatic carbocycles. The monoisotopic (exact) mass is 236 g/mol. The van der Waals surface area contributed by atoms with Crippen LogP contribution in [0.2, 0.25) is 0 Å². The molecule has 0 aliphatic rings. The van der Waals surface area contributed by atoms with E-state index in [4.69, 9.17) is 10.5 Å². The van der Waals surface area contributed by atoms with E-state index in [0.29, 0.717) is 5.69 Å². The molecule has 0 aliphatic heterocycles. The first kappa shape index (κ1) is 11.4. The second-order valence-corrected chi connectivity index (χ2v) is 3.32. The molecule has 0 radical (unpaired) electrons. The van der Waals surface area contributed by atoms with Gasteiger partial charge in [0.25, 0.3) is 0 Å². The Labute approximate surface area is 103 Å². The second kappa shape index (κ2) is 5.28. The summed E-state index contributed by atoms with van der Waals surface area (Å²) in [6, 6.07) is 12.9. The lowest BCUT2D eigenvalue weighted by Crippen LogP contribution is -1.96. The Balaban J connectivity index is 2.28. The molecule has 18 heavy (non-hydrogen) atoms. The van der Waals surface area contributed by atoms with Gasteiger partial charge in [0.2, 0.25) is 5.71 Å². The smallest absolute Gasteiger partial charge is 0.237 e. The number of anilines is 1. The van der Waals surface area contributed by atoms with Crippen molar-refractivity contribution in [2.75, 3.05) is 5.43 Å². The topological polar surface area (TPSA) is 101 Å². The van der Waals surface area contributed by atoms with E-state index in [1.807, 2.05) is 30.3 Å². The molecule has 2 rings (SSSR count). The standard InChI is InChI=1S/C12H8N6/c13-6-10(7-14)16-17-11-8-15-18-12(11)9-4-2-1-3-5-9/h1-5,8,17H,(H,15,18). The van der Waals surface area contributed by atoms with Crippen LogP contribution >= 0.6 is 0 Å². The molecular weight excluding hydrogens is 228 g/mol. The second-order valence-electron chi connectivity index (χ2n) is 3.32. The van der Waals surface area contributed by atoms with Gasteiger partial charge >= 0.3 is 0 Å². The van der Waals surface area contributed by atoms with E-state index < -0.39 is 0 Å². The highest BCUT2D eigenvalue weighted by Gasteiger charge is 2.06. The maximum atomic E-state index is 8.57. The van der Waals surface area contributed by atoms with E-state index in [9.17, 15) is 0 Å². The number of hydrazone groups is 1. The molecule has 0 amide bonds. The molecule has 1 aromatic heterocycles. The average molecular weight is 236 g/mol. The van der Waals surface area contributed by atoms with Crippen LogP contribution in [0.15, 0.2) is 41.6 Å². The lowest BCUT2D eigenvalue weighted by atomic mass is 10.1. The van der Waals surface area contributed by atoms with Gasteiger partial charge in [0.15, 0.2) is 0 Å². The minimum atomic E-state index is -0.241. The zero-order chi connectivity index (χ0) is 12.8. The zero-order valence-corrected chi connectivity index (χ0v) is 9.25. The molecule has 0 spiro atoms. The van der Waals surface area contributed by atoms with Crippen LogP contribution in [0.5, 0.6) is 0 Å². The SMILES string of the molecule is N#CC(C#N)=NNc1cn[nH]c1-c1ccccc1. The first-order valence-electron chi connectivity index (χ1n) is 5.08. The van der Waals surface area contributed by atoms with Crippen LogP contribution < -0.4 is 5.43 Å². The summed E-state index contributed by atoms with van der Waals surface area (Å²) in [5.41, 5.74) is 4.68. The quantitative estimate of drug-likeness (QED) is 0.627. The molecule has 2 N–H and O–H groups in total. The summed E-state index contributed by atoms with van der Waals surface area (Å²) >= 11 is 0. The first-order chi connectivity index (χ1) is 8.85. The van der Waals surface area contributed by atoms with Crippen molar-refractivity contribution in [3.8, 4) is 23.4 Å². The van der Waals surface area contributed by atoms with E-state index >= 15 is 0 Å². The van der Waals surface area contributed by atoms with Gasteiger partial charge < -0.3 is 0 Å². The molecule has 6 heteroatoms. The van der Waals surface area contributed by atoms with Gasteiger partial charge in [0.05, 0.1) is 11.9 Å². The summed E-state index contributed by atoms with van der Waals surface area (Å²) in [5, 5.41) is 27.6. The van der Waals surface area contributed by atoms with Gasteiger partial charge in [-0.25, -0.2) is 0 Å². The van der Waals surface area contributed by atoms with Crippen LogP contribution in [-0.2, 0) is 0 Å². The van der Waals surface area contributed by atoms with E-state index in [0.717, 1.165) is 11.3 Å². The van der Waals surface area contributed by atoms with E-state index in [2.05, 4.69) is 20.7 Å². The normalized spacial score (nSPS) is 9.00. The van der Waals surface area contributed by atoms with Crippen molar-refractivity contribution in [2.45, 2.75) is 0 Å². The van der Waals surface area contributed by atoms with E-state index in [1.165, 1.54) is 6.20 Å². The number of aromatic nitrogens is 2. The molecule has 0 unspecified atom stereocenters. The maximum absolute atomic E-state index is 8.57. The molecule has 0 atom stereocenters. The number of hydrogen-bond donors (Lipinski definition) is 2. The number of nitrogens with zero attached hydrogens (tertiary/aromatic N) is 4. The van der Waals surface area contributed by atoms with Gasteiger partial charge in [-0.05, 0) is 0 Å². The third-order valence-corrected chi connectivity index (χ3v) is 2.20. The van der Waals surface area contributed by atoms with Crippen LogP contribution in [0.1, 0.15) is 0 Å². The van der Waals surface area contributed by atoms with Crippen molar-refractivity contribution in [2.24, 2.45) is 5.10 Å². The predicted octanol–water partition coefficient (Wildman–Crippen LogP) is 1.89. The van der Waals surface area contributed by atoms with Gasteiger partial charge in [-0.3, -0.25) is 10.5 Å². The zero-order valence-electron chi connectivity index (χ0n) is 9.25. The predicted molar refractivity (Wildman–Crippen MR) is 66.3 cm³/mol. The molecule has 0 saturated heterocycles. The molecule has 86 valence electrons. The Kier molecular flexibility index (Phi) is 3.34. The highest BCUT2D eigenvalue weighted by atomic mass is 15.3. The van der Waals surface area contributed by atoms with Crippen molar-refractivity contribution < 1.29 is 0 Å². The molecule has 0 saturated carbocycles. The Morgan fingerprint density at radius 2 is 1.94 bits per heavy atom. The molecule has 2 aromatic rings. The number of aromatic amines is 1. The minimum Gasteiger partial charge on any atom is -0.276 e. The van der Waals surface area contributed by atoms with Crippen LogP contribution in [-0.4, -0.2) is 15.9 Å². The highest BCUT2D eigenvalue weighted by molar-refractivity contribution is 6.10. The van der Waals surface area contributed by atoms with Crippen molar-refractivity contribution in [3.05, 3.63) is 36.5 Å². The number of nitrogens with one attached hydrogen (secondary N) is 2. The molecule has 0 fully saturated rings. The summed E-state index contributed by atoms with van der Waals surface area (Å²) in [7, 11) is 0. The van der Waals surface area contributed by atoms with Gasteiger partial charge in [-0.1, -0.05) is 30.3 Å². The molecule has 0 bridgehead atoms.